The Morgan fingerprint density at radius 1 is 1.04 bits per heavy atom. The molecule has 1 amide bonds. The Morgan fingerprint density at radius 3 is 2.42 bits per heavy atom. The number of benzene rings is 2. The molecule has 0 bridgehead atoms. The van der Waals surface area contributed by atoms with Crippen LogP contribution in [0.3, 0.4) is 0 Å². The van der Waals surface area contributed by atoms with Gasteiger partial charge in [0.05, 0.1) is 0 Å². The number of halogens is 3. The number of amides is 1. The maximum Gasteiger partial charge on any atom is 0.256 e. The molecule has 0 aliphatic heterocycles. The Balaban J connectivity index is 1.70. The van der Waals surface area contributed by atoms with Crippen LogP contribution in [0.2, 0.25) is 5.02 Å². The van der Waals surface area contributed by atoms with Crippen LogP contribution in [0.15, 0.2) is 60.8 Å². The molecule has 3 aromatic rings. The molecule has 2 aromatic carbocycles. The van der Waals surface area contributed by atoms with Crippen LogP contribution in [0, 0.1) is 11.6 Å². The number of hydrogen-bond donors (Lipinski definition) is 2. The molecule has 0 atom stereocenters. The molecule has 4 nitrogen and oxygen atoms in total. The molecule has 0 saturated carbocycles. The van der Waals surface area contributed by atoms with Gasteiger partial charge >= 0.3 is 0 Å². The lowest BCUT2D eigenvalue weighted by Gasteiger charge is -2.09. The van der Waals surface area contributed by atoms with E-state index in [0.29, 0.717) is 17.4 Å². The van der Waals surface area contributed by atoms with Crippen molar-refractivity contribution < 1.29 is 13.6 Å². The highest BCUT2D eigenvalue weighted by molar-refractivity contribution is 6.30. The van der Waals surface area contributed by atoms with Gasteiger partial charge in [-0.1, -0.05) is 29.8 Å². The molecule has 0 unspecified atom stereocenters. The number of para-hydroxylation sites is 1. The molecule has 0 saturated heterocycles. The van der Waals surface area contributed by atoms with E-state index in [1.165, 1.54) is 24.4 Å². The molecule has 26 heavy (non-hydrogen) atoms. The van der Waals surface area contributed by atoms with E-state index in [9.17, 15) is 13.6 Å². The Labute approximate surface area is 153 Å². The van der Waals surface area contributed by atoms with Gasteiger partial charge in [-0.3, -0.25) is 4.79 Å². The highest BCUT2D eigenvalue weighted by Gasteiger charge is 2.14. The zero-order valence-electron chi connectivity index (χ0n) is 13.5. The van der Waals surface area contributed by atoms with Crippen LogP contribution < -0.4 is 10.6 Å². The second-order valence-electron chi connectivity index (χ2n) is 5.46. The van der Waals surface area contributed by atoms with Gasteiger partial charge in [-0.25, -0.2) is 13.8 Å². The van der Waals surface area contributed by atoms with E-state index in [-0.39, 0.29) is 5.56 Å². The zero-order valence-corrected chi connectivity index (χ0v) is 14.2. The molecule has 0 spiro atoms. The van der Waals surface area contributed by atoms with Crippen LogP contribution in [-0.2, 0) is 6.54 Å². The summed E-state index contributed by atoms with van der Waals surface area (Å²) in [6.45, 7) is 0.483. The number of nitrogens with zero attached hydrogens (tertiary/aromatic N) is 1. The summed E-state index contributed by atoms with van der Waals surface area (Å²) >= 11 is 5.84. The van der Waals surface area contributed by atoms with E-state index in [1.807, 2.05) is 12.1 Å². The van der Waals surface area contributed by atoms with Crippen molar-refractivity contribution in [1.82, 2.24) is 4.98 Å². The summed E-state index contributed by atoms with van der Waals surface area (Å²) in [5.41, 5.74) is 0.728. The molecule has 0 aliphatic rings. The monoisotopic (exact) mass is 373 g/mol. The summed E-state index contributed by atoms with van der Waals surface area (Å²) in [7, 11) is 0. The van der Waals surface area contributed by atoms with Crippen LogP contribution in [0.25, 0.3) is 0 Å². The Hall–Kier alpha value is -2.99. The molecule has 0 aliphatic carbocycles. The second-order valence-corrected chi connectivity index (χ2v) is 5.90. The SMILES string of the molecule is O=C(Nc1c(F)cccc1F)c1ccnc(NCc2ccc(Cl)cc2)c1. The fraction of sp³-hybridized carbons (Fsp3) is 0.0526. The van der Waals surface area contributed by atoms with Crippen LogP contribution in [0.5, 0.6) is 0 Å². The van der Waals surface area contributed by atoms with Crippen LogP contribution in [0.4, 0.5) is 20.3 Å². The van der Waals surface area contributed by atoms with E-state index in [2.05, 4.69) is 15.6 Å². The number of rotatable bonds is 5. The first-order chi connectivity index (χ1) is 12.5. The fourth-order valence-corrected chi connectivity index (χ4v) is 2.39. The van der Waals surface area contributed by atoms with Crippen molar-refractivity contribution in [2.75, 3.05) is 10.6 Å². The first-order valence-corrected chi connectivity index (χ1v) is 8.10. The Bertz CT molecular complexity index is 912. The van der Waals surface area contributed by atoms with Gasteiger partial charge in [0, 0.05) is 23.3 Å². The lowest BCUT2D eigenvalue weighted by Crippen LogP contribution is -2.15. The van der Waals surface area contributed by atoms with Gasteiger partial charge in [-0.05, 0) is 42.0 Å². The highest BCUT2D eigenvalue weighted by Crippen LogP contribution is 2.19. The molecule has 1 heterocycles. The third kappa shape index (κ3) is 4.34. The minimum Gasteiger partial charge on any atom is -0.366 e. The smallest absolute Gasteiger partial charge is 0.256 e. The van der Waals surface area contributed by atoms with Gasteiger partial charge in [0.2, 0.25) is 0 Å². The van der Waals surface area contributed by atoms with Gasteiger partial charge in [0.15, 0.2) is 0 Å². The summed E-state index contributed by atoms with van der Waals surface area (Å²) in [5, 5.41) is 5.97. The molecule has 1 aromatic heterocycles. The van der Waals surface area contributed by atoms with Gasteiger partial charge < -0.3 is 10.6 Å². The van der Waals surface area contributed by atoms with Crippen molar-refractivity contribution >= 4 is 29.0 Å². The number of pyridine rings is 1. The van der Waals surface area contributed by atoms with Gasteiger partial charge in [0.25, 0.3) is 5.91 Å². The van der Waals surface area contributed by atoms with Gasteiger partial charge in [0.1, 0.15) is 23.1 Å². The summed E-state index contributed by atoms with van der Waals surface area (Å²) in [4.78, 5) is 16.4. The van der Waals surface area contributed by atoms with Gasteiger partial charge in [-0.15, -0.1) is 0 Å². The third-order valence-corrected chi connectivity index (χ3v) is 3.86. The molecule has 2 N–H and O–H groups in total. The molecule has 7 heteroatoms. The molecule has 3 rings (SSSR count). The number of carbonyl (C=O) groups is 1. The van der Waals surface area contributed by atoms with E-state index in [0.717, 1.165) is 17.7 Å². The van der Waals surface area contributed by atoms with Crippen molar-refractivity contribution in [2.45, 2.75) is 6.54 Å². The maximum atomic E-state index is 13.7. The average Bonchev–Trinajstić information content (AvgIpc) is 2.64. The van der Waals surface area contributed by atoms with Crippen LogP contribution in [-0.4, -0.2) is 10.9 Å². The molecule has 0 radical (unpaired) electrons. The number of carbonyl (C=O) groups excluding carboxylic acids is 1. The van der Waals surface area contributed by atoms with Crippen molar-refractivity contribution in [3.05, 3.63) is 88.6 Å². The topological polar surface area (TPSA) is 54.0 Å². The quantitative estimate of drug-likeness (QED) is 0.670. The summed E-state index contributed by atoms with van der Waals surface area (Å²) in [5.74, 6) is -1.85. The predicted octanol–water partition coefficient (Wildman–Crippen LogP) is 4.88. The second kappa shape index (κ2) is 7.93. The highest BCUT2D eigenvalue weighted by atomic mass is 35.5. The standard InChI is InChI=1S/C19H14ClF2N3O/c20-14-6-4-12(5-7-14)11-24-17-10-13(8-9-23-17)19(26)25-18-15(21)2-1-3-16(18)22/h1-10H,11H2,(H,23,24)(H,25,26). The normalized spacial score (nSPS) is 10.4. The van der Waals surface area contributed by atoms with Crippen molar-refractivity contribution in [3.63, 3.8) is 0 Å². The minimum atomic E-state index is -0.839. The first-order valence-electron chi connectivity index (χ1n) is 7.72. The fourth-order valence-electron chi connectivity index (χ4n) is 2.27. The maximum absolute atomic E-state index is 13.7. The molecule has 132 valence electrons. The van der Waals surface area contributed by atoms with Gasteiger partial charge in [-0.2, -0.15) is 0 Å². The molecular weight excluding hydrogens is 360 g/mol. The first kappa shape index (κ1) is 17.8. The van der Waals surface area contributed by atoms with Crippen LogP contribution in [0.1, 0.15) is 15.9 Å². The zero-order chi connectivity index (χ0) is 18.5. The predicted molar refractivity (Wildman–Crippen MR) is 97.3 cm³/mol. The number of anilines is 2. The van der Waals surface area contributed by atoms with E-state index in [4.69, 9.17) is 11.6 Å². The minimum absolute atomic E-state index is 0.223. The van der Waals surface area contributed by atoms with Crippen molar-refractivity contribution in [3.8, 4) is 0 Å². The summed E-state index contributed by atoms with van der Waals surface area (Å²) in [6, 6.07) is 13.6. The van der Waals surface area contributed by atoms with E-state index >= 15 is 0 Å². The Morgan fingerprint density at radius 2 is 1.73 bits per heavy atom. The van der Waals surface area contributed by atoms with Crippen molar-refractivity contribution in [2.24, 2.45) is 0 Å². The summed E-state index contributed by atoms with van der Waals surface area (Å²) in [6.07, 6.45) is 1.44. The van der Waals surface area contributed by atoms with E-state index in [1.54, 1.807) is 12.1 Å². The third-order valence-electron chi connectivity index (χ3n) is 3.61. The number of aromatic nitrogens is 1. The summed E-state index contributed by atoms with van der Waals surface area (Å²) < 4.78 is 27.3. The lowest BCUT2D eigenvalue weighted by molar-refractivity contribution is 0.102. The average molecular weight is 374 g/mol. The van der Waals surface area contributed by atoms with Crippen molar-refractivity contribution in [1.29, 1.82) is 0 Å². The Kier molecular flexibility index (Phi) is 5.43. The number of nitrogens with one attached hydrogen (secondary N) is 2. The van der Waals surface area contributed by atoms with Crippen LogP contribution >= 0.6 is 11.6 Å². The molecule has 0 fully saturated rings. The molecular formula is C19H14ClF2N3O. The number of hydrogen-bond acceptors (Lipinski definition) is 3. The van der Waals surface area contributed by atoms with E-state index < -0.39 is 23.2 Å². The lowest BCUT2D eigenvalue weighted by atomic mass is 10.2. The largest absolute Gasteiger partial charge is 0.366 e.